The fraction of sp³-hybridized carbons (Fsp3) is 0.545. The fourth-order valence-electron chi connectivity index (χ4n) is 2.57. The van der Waals surface area contributed by atoms with Gasteiger partial charge in [0.1, 0.15) is 36.0 Å². The van der Waals surface area contributed by atoms with E-state index in [9.17, 15) is 30.6 Å². The predicted octanol–water partition coefficient (Wildman–Crippen LogP) is -4.06. The first-order valence-corrected chi connectivity index (χ1v) is 6.38. The minimum Gasteiger partial charge on any atom is -0.387 e. The number of aliphatic hydroxyl groups excluding tert-OH is 5. The number of hydrogen-bond acceptors (Lipinski definition) is 10. The van der Waals surface area contributed by atoms with Gasteiger partial charge in [0, 0.05) is 0 Å². The molecule has 2 unspecified atom stereocenters. The third kappa shape index (κ3) is 1.81. The molecule has 120 valence electrons. The van der Waals surface area contributed by atoms with Gasteiger partial charge < -0.3 is 41.4 Å². The third-order valence-corrected chi connectivity index (χ3v) is 3.92. The molecule has 1 aliphatic rings. The second kappa shape index (κ2) is 4.81. The number of hydrogen-bond donors (Lipinski definition) is 8. The molecule has 0 aromatic carbocycles. The van der Waals surface area contributed by atoms with Crippen molar-refractivity contribution in [1.82, 2.24) is 19.9 Å². The number of nitrogens with zero attached hydrogens (tertiary/aromatic N) is 3. The van der Waals surface area contributed by atoms with Gasteiger partial charge in [-0.1, -0.05) is 0 Å². The Morgan fingerprint density at radius 1 is 1.00 bits per heavy atom. The summed E-state index contributed by atoms with van der Waals surface area (Å²) in [5.41, 5.74) is 3.39. The number of aliphatic hydroxyl groups is 6. The van der Waals surface area contributed by atoms with Gasteiger partial charge in [0.15, 0.2) is 22.9 Å². The lowest BCUT2D eigenvalue weighted by Gasteiger charge is -2.46. The molecule has 0 bridgehead atoms. The van der Waals surface area contributed by atoms with Crippen molar-refractivity contribution in [3.8, 4) is 0 Å². The van der Waals surface area contributed by atoms with Crippen LogP contribution in [0.3, 0.4) is 0 Å². The number of aromatic amines is 1. The number of nitrogen functional groups attached to an aromatic ring is 1. The molecule has 9 N–H and O–H groups in total. The van der Waals surface area contributed by atoms with Crippen LogP contribution in [0.25, 0.3) is 11.2 Å². The molecule has 11 nitrogen and oxygen atoms in total. The van der Waals surface area contributed by atoms with E-state index in [1.807, 2.05) is 0 Å². The molecule has 0 radical (unpaired) electrons. The van der Waals surface area contributed by atoms with E-state index < -0.39 is 41.9 Å². The molecule has 2 aromatic heterocycles. The highest BCUT2D eigenvalue weighted by Crippen LogP contribution is 2.37. The number of aromatic nitrogens is 4. The normalized spacial score (nSPS) is 39.3. The van der Waals surface area contributed by atoms with Gasteiger partial charge in [0.2, 0.25) is 0 Å². The Morgan fingerprint density at radius 2 is 1.59 bits per heavy atom. The van der Waals surface area contributed by atoms with Gasteiger partial charge in [-0.25, -0.2) is 15.0 Å². The van der Waals surface area contributed by atoms with Crippen LogP contribution in [0.1, 0.15) is 5.82 Å². The SMILES string of the molecule is Nc1nc(C2(O)[C@H](O)[C@H](O)C(O)[C@H](O)[C@H]2O)nc2nc[nH]c12. The lowest BCUT2D eigenvalue weighted by atomic mass is 9.74. The van der Waals surface area contributed by atoms with E-state index in [1.54, 1.807) is 0 Å². The average molecular weight is 313 g/mol. The molecule has 0 saturated heterocycles. The van der Waals surface area contributed by atoms with Crippen LogP contribution >= 0.6 is 0 Å². The Kier molecular flexibility index (Phi) is 3.28. The van der Waals surface area contributed by atoms with E-state index in [0.29, 0.717) is 0 Å². The molecule has 2 aromatic rings. The molecular weight excluding hydrogens is 298 g/mol. The minimum atomic E-state index is -2.64. The van der Waals surface area contributed by atoms with Crippen LogP contribution in [0.15, 0.2) is 6.33 Å². The van der Waals surface area contributed by atoms with Gasteiger partial charge in [-0.15, -0.1) is 0 Å². The van der Waals surface area contributed by atoms with Crippen LogP contribution in [0.4, 0.5) is 5.82 Å². The highest BCUT2D eigenvalue weighted by molar-refractivity contribution is 5.80. The summed E-state index contributed by atoms with van der Waals surface area (Å²) in [7, 11) is 0. The van der Waals surface area contributed by atoms with Crippen LogP contribution in [0.2, 0.25) is 0 Å². The zero-order valence-corrected chi connectivity index (χ0v) is 11.1. The molecule has 22 heavy (non-hydrogen) atoms. The summed E-state index contributed by atoms with van der Waals surface area (Å²) in [6.07, 6.45) is -8.54. The summed E-state index contributed by atoms with van der Waals surface area (Å²) in [6.45, 7) is 0. The summed E-state index contributed by atoms with van der Waals surface area (Å²) in [4.78, 5) is 14.2. The number of imidazole rings is 1. The summed E-state index contributed by atoms with van der Waals surface area (Å²) in [5, 5.41) is 59.7. The molecule has 1 saturated carbocycles. The lowest BCUT2D eigenvalue weighted by Crippen LogP contribution is -2.69. The van der Waals surface area contributed by atoms with Gasteiger partial charge in [-0.05, 0) is 0 Å². The van der Waals surface area contributed by atoms with E-state index in [2.05, 4.69) is 19.9 Å². The molecule has 0 amide bonds. The topological polar surface area (TPSA) is 202 Å². The second-order valence-corrected chi connectivity index (χ2v) is 5.22. The van der Waals surface area contributed by atoms with Crippen LogP contribution < -0.4 is 5.73 Å². The maximum atomic E-state index is 10.6. The van der Waals surface area contributed by atoms with Crippen molar-refractivity contribution >= 4 is 17.0 Å². The number of H-pyrrole nitrogens is 1. The maximum Gasteiger partial charge on any atom is 0.183 e. The highest BCUT2D eigenvalue weighted by Gasteiger charge is 2.60. The van der Waals surface area contributed by atoms with Crippen molar-refractivity contribution in [2.75, 3.05) is 5.73 Å². The highest BCUT2D eigenvalue weighted by atomic mass is 16.4. The van der Waals surface area contributed by atoms with Crippen molar-refractivity contribution < 1.29 is 30.6 Å². The van der Waals surface area contributed by atoms with Crippen molar-refractivity contribution in [2.45, 2.75) is 36.1 Å². The van der Waals surface area contributed by atoms with Gasteiger partial charge in [0.05, 0.1) is 6.33 Å². The monoisotopic (exact) mass is 313 g/mol. The summed E-state index contributed by atoms with van der Waals surface area (Å²) in [6, 6.07) is 0. The quantitative estimate of drug-likeness (QED) is 0.256. The summed E-state index contributed by atoms with van der Waals surface area (Å²) in [5.74, 6) is -0.643. The molecule has 0 spiro atoms. The zero-order valence-electron chi connectivity index (χ0n) is 11.1. The second-order valence-electron chi connectivity index (χ2n) is 5.22. The smallest absolute Gasteiger partial charge is 0.183 e. The van der Waals surface area contributed by atoms with E-state index in [-0.39, 0.29) is 17.0 Å². The molecular formula is C11H15N5O6. The van der Waals surface area contributed by atoms with Gasteiger partial charge in [-0.2, -0.15) is 0 Å². The summed E-state index contributed by atoms with van der Waals surface area (Å²) >= 11 is 0. The first-order valence-electron chi connectivity index (χ1n) is 6.38. The Balaban J connectivity index is 2.17. The van der Waals surface area contributed by atoms with Crippen molar-refractivity contribution in [1.29, 1.82) is 0 Å². The lowest BCUT2D eigenvalue weighted by molar-refractivity contribution is -0.275. The van der Waals surface area contributed by atoms with Crippen LogP contribution in [0.5, 0.6) is 0 Å². The Morgan fingerprint density at radius 3 is 2.18 bits per heavy atom. The van der Waals surface area contributed by atoms with Gasteiger partial charge in [-0.3, -0.25) is 0 Å². The number of anilines is 1. The van der Waals surface area contributed by atoms with E-state index in [0.717, 1.165) is 0 Å². The predicted molar refractivity (Wildman–Crippen MR) is 70.0 cm³/mol. The third-order valence-electron chi connectivity index (χ3n) is 3.92. The summed E-state index contributed by atoms with van der Waals surface area (Å²) < 4.78 is 0. The molecule has 0 aliphatic heterocycles. The molecule has 3 rings (SSSR count). The van der Waals surface area contributed by atoms with Crippen LogP contribution in [-0.4, -0.2) is 81.1 Å². The van der Waals surface area contributed by atoms with Crippen molar-refractivity contribution in [3.63, 3.8) is 0 Å². The van der Waals surface area contributed by atoms with Crippen LogP contribution in [0, 0.1) is 0 Å². The first-order chi connectivity index (χ1) is 10.3. The fourth-order valence-corrected chi connectivity index (χ4v) is 2.57. The van der Waals surface area contributed by atoms with E-state index >= 15 is 0 Å². The standard InChI is InChI=1S/C11H15N5O6/c12-8-2-9(14-1-13-2)16-10(15-8)11(22)6(20)4(18)3(17)5(19)7(11)21/h1,3-7,17-22H,(H3,12,13,14,15,16)/t3?,4-,5+,6-,7-,11?/m1/s1. The first kappa shape index (κ1) is 15.0. The number of nitrogens with one attached hydrogen (secondary N) is 1. The zero-order chi connectivity index (χ0) is 16.2. The van der Waals surface area contributed by atoms with Crippen molar-refractivity contribution in [2.24, 2.45) is 0 Å². The Bertz CT molecular complexity index is 691. The number of rotatable bonds is 1. The molecule has 11 heteroatoms. The number of fused-ring (bicyclic) bond motifs is 1. The van der Waals surface area contributed by atoms with Gasteiger partial charge >= 0.3 is 0 Å². The van der Waals surface area contributed by atoms with Crippen molar-refractivity contribution in [3.05, 3.63) is 12.2 Å². The van der Waals surface area contributed by atoms with Crippen LogP contribution in [-0.2, 0) is 5.60 Å². The molecule has 6 atom stereocenters. The number of nitrogens with two attached hydrogens (primary N) is 1. The minimum absolute atomic E-state index is 0.0606. The Labute approximate surface area is 122 Å². The molecule has 1 fully saturated rings. The molecule has 1 aliphatic carbocycles. The van der Waals surface area contributed by atoms with Gasteiger partial charge in [0.25, 0.3) is 0 Å². The average Bonchev–Trinajstić information content (AvgIpc) is 2.98. The molecule has 2 heterocycles. The Hall–Kier alpha value is -1.89. The maximum absolute atomic E-state index is 10.6. The van der Waals surface area contributed by atoms with E-state index in [4.69, 9.17) is 5.73 Å². The van der Waals surface area contributed by atoms with E-state index in [1.165, 1.54) is 6.33 Å². The largest absolute Gasteiger partial charge is 0.387 e.